The van der Waals surface area contributed by atoms with Crippen molar-refractivity contribution in [2.24, 2.45) is 0 Å². The van der Waals surface area contributed by atoms with E-state index in [-0.39, 0.29) is 18.1 Å². The number of ether oxygens (including phenoxy) is 2. The number of rotatable bonds is 5. The lowest BCUT2D eigenvalue weighted by molar-refractivity contribution is 0.0522. The first-order valence-electron chi connectivity index (χ1n) is 11.5. The van der Waals surface area contributed by atoms with Crippen LogP contribution in [0.3, 0.4) is 0 Å². The molecule has 0 N–H and O–H groups in total. The first kappa shape index (κ1) is 21.9. The molecule has 1 atom stereocenters. The van der Waals surface area contributed by atoms with E-state index >= 15 is 0 Å². The van der Waals surface area contributed by atoms with Gasteiger partial charge in [0.2, 0.25) is 0 Å². The number of pyridine rings is 1. The fourth-order valence-electron chi connectivity index (χ4n) is 4.32. The van der Waals surface area contributed by atoms with Crippen LogP contribution in [0.2, 0.25) is 0 Å². The predicted octanol–water partition coefficient (Wildman–Crippen LogP) is 4.90. The van der Waals surface area contributed by atoms with Gasteiger partial charge in [0.1, 0.15) is 6.61 Å². The first-order valence-corrected chi connectivity index (χ1v) is 11.5. The van der Waals surface area contributed by atoms with E-state index in [1.54, 1.807) is 18.1 Å². The molecule has 0 saturated heterocycles. The largest absolute Gasteiger partial charge is 0.486 e. The number of fused-ring (bicyclic) bond motifs is 2. The van der Waals surface area contributed by atoms with Gasteiger partial charge >= 0.3 is 0 Å². The zero-order valence-corrected chi connectivity index (χ0v) is 19.9. The minimum absolute atomic E-state index is 0.104. The molecule has 1 aliphatic heterocycles. The summed E-state index contributed by atoms with van der Waals surface area (Å²) in [6.45, 7) is 6.95. The third-order valence-electron chi connectivity index (χ3n) is 6.10. The molecule has 0 saturated carbocycles. The number of likely N-dealkylation sites (N-methyl/N-ethyl adjacent to an activating group) is 1. The van der Waals surface area contributed by atoms with Gasteiger partial charge in [0.15, 0.2) is 23.3 Å². The highest BCUT2D eigenvalue weighted by atomic mass is 16.6. The van der Waals surface area contributed by atoms with E-state index in [9.17, 15) is 4.79 Å². The summed E-state index contributed by atoms with van der Waals surface area (Å²) in [6.07, 6.45) is 1.48. The minimum atomic E-state index is -0.254. The van der Waals surface area contributed by atoms with Crippen LogP contribution >= 0.6 is 0 Å². The lowest BCUT2D eigenvalue weighted by atomic mass is 10.0. The second-order valence-electron chi connectivity index (χ2n) is 8.97. The van der Waals surface area contributed by atoms with Crippen molar-refractivity contribution >= 4 is 16.9 Å². The number of aryl methyl sites for hydroxylation is 1. The van der Waals surface area contributed by atoms with E-state index in [0.29, 0.717) is 30.1 Å². The number of hydrogen-bond donors (Lipinski definition) is 0. The maximum atomic E-state index is 13.7. The highest BCUT2D eigenvalue weighted by molar-refractivity contribution is 6.06. The number of benzene rings is 2. The molecule has 174 valence electrons. The maximum absolute atomic E-state index is 13.7. The summed E-state index contributed by atoms with van der Waals surface area (Å²) in [5.74, 6) is 1.33. The average Bonchev–Trinajstić information content (AvgIpc) is 3.27. The van der Waals surface area contributed by atoms with Crippen LogP contribution in [0.15, 0.2) is 60.8 Å². The molecule has 7 heteroatoms. The smallest absolute Gasteiger partial charge is 0.254 e. The summed E-state index contributed by atoms with van der Waals surface area (Å²) in [4.78, 5) is 20.3. The van der Waals surface area contributed by atoms with Gasteiger partial charge in [-0.3, -0.25) is 4.79 Å². The zero-order chi connectivity index (χ0) is 23.8. The van der Waals surface area contributed by atoms with E-state index in [1.165, 1.54) is 0 Å². The van der Waals surface area contributed by atoms with Gasteiger partial charge in [-0.1, -0.05) is 36.4 Å². The van der Waals surface area contributed by atoms with E-state index in [1.807, 2.05) is 66.2 Å². The summed E-state index contributed by atoms with van der Waals surface area (Å²) in [5, 5.41) is 5.28. The molecule has 2 aromatic heterocycles. The Bertz CT molecular complexity index is 1360. The van der Waals surface area contributed by atoms with Crippen LogP contribution < -0.4 is 9.47 Å². The number of amides is 1. The van der Waals surface area contributed by atoms with Crippen molar-refractivity contribution in [3.8, 4) is 22.8 Å². The van der Waals surface area contributed by atoms with Gasteiger partial charge in [-0.15, -0.1) is 0 Å². The van der Waals surface area contributed by atoms with Crippen LogP contribution in [0.5, 0.6) is 11.5 Å². The van der Waals surface area contributed by atoms with Crippen molar-refractivity contribution in [2.45, 2.75) is 32.9 Å². The maximum Gasteiger partial charge on any atom is 0.254 e. The third kappa shape index (κ3) is 3.98. The molecule has 0 fully saturated rings. The molecular weight excluding hydrogens is 428 g/mol. The van der Waals surface area contributed by atoms with E-state index in [2.05, 4.69) is 18.9 Å². The fraction of sp³-hybridized carbons (Fsp3) is 0.296. The molecule has 1 aliphatic rings. The molecule has 0 aliphatic carbocycles. The Labute approximate surface area is 198 Å². The minimum Gasteiger partial charge on any atom is -0.486 e. The quantitative estimate of drug-likeness (QED) is 0.427. The Hall–Kier alpha value is -3.87. The van der Waals surface area contributed by atoms with Crippen molar-refractivity contribution < 1.29 is 14.3 Å². The summed E-state index contributed by atoms with van der Waals surface area (Å²) in [7, 11) is 1.79. The monoisotopic (exact) mass is 456 g/mol. The summed E-state index contributed by atoms with van der Waals surface area (Å²) < 4.78 is 13.8. The van der Waals surface area contributed by atoms with Crippen LogP contribution in [-0.2, 0) is 0 Å². The fourth-order valence-corrected chi connectivity index (χ4v) is 4.32. The normalized spacial score (nSPS) is 15.0. The molecule has 34 heavy (non-hydrogen) atoms. The van der Waals surface area contributed by atoms with Crippen molar-refractivity contribution in [3.63, 3.8) is 0 Å². The highest BCUT2D eigenvalue weighted by Gasteiger charge is 2.26. The number of carbonyl (C=O) groups excluding carboxylic acids is 1. The molecule has 0 spiro atoms. The van der Waals surface area contributed by atoms with Crippen LogP contribution in [-0.4, -0.2) is 51.9 Å². The van der Waals surface area contributed by atoms with Crippen LogP contribution in [0, 0.1) is 6.92 Å². The summed E-state index contributed by atoms with van der Waals surface area (Å²) >= 11 is 0. The number of carbonyl (C=O) groups is 1. The SMILES string of the molecule is Cc1ccccc1-c1cc(C(=O)N(C)CC2COc3ccccc3O2)c2cnn(C(C)C)c2n1. The van der Waals surface area contributed by atoms with Crippen LogP contribution in [0.4, 0.5) is 0 Å². The molecule has 2 aromatic carbocycles. The van der Waals surface area contributed by atoms with Gasteiger partial charge < -0.3 is 14.4 Å². The van der Waals surface area contributed by atoms with E-state index < -0.39 is 0 Å². The number of hydrogen-bond acceptors (Lipinski definition) is 5. The van der Waals surface area contributed by atoms with Crippen molar-refractivity contribution in [2.75, 3.05) is 20.2 Å². The lowest BCUT2D eigenvalue weighted by Crippen LogP contribution is -2.41. The molecule has 0 radical (unpaired) electrons. The standard InChI is InChI=1S/C27H28N4O3/c1-17(2)31-26-22(14-28-31)21(13-23(29-26)20-10-6-5-9-18(20)3)27(32)30(4)15-19-16-33-24-11-7-8-12-25(24)34-19/h5-14,17,19H,15-16H2,1-4H3. The van der Waals surface area contributed by atoms with Gasteiger partial charge in [-0.2, -0.15) is 5.10 Å². The van der Waals surface area contributed by atoms with Gasteiger partial charge in [0, 0.05) is 18.7 Å². The van der Waals surface area contributed by atoms with E-state index in [0.717, 1.165) is 28.0 Å². The molecule has 7 nitrogen and oxygen atoms in total. The third-order valence-corrected chi connectivity index (χ3v) is 6.10. The van der Waals surface area contributed by atoms with Crippen LogP contribution in [0.1, 0.15) is 35.8 Å². The highest BCUT2D eigenvalue weighted by Crippen LogP contribution is 2.32. The molecule has 1 amide bonds. The number of nitrogens with zero attached hydrogens (tertiary/aromatic N) is 4. The zero-order valence-electron chi connectivity index (χ0n) is 19.9. The van der Waals surface area contributed by atoms with Gasteiger partial charge in [-0.25, -0.2) is 9.67 Å². The topological polar surface area (TPSA) is 69.5 Å². The summed E-state index contributed by atoms with van der Waals surface area (Å²) in [5.41, 5.74) is 4.14. The van der Waals surface area contributed by atoms with Gasteiger partial charge in [-0.05, 0) is 44.5 Å². The van der Waals surface area contributed by atoms with Crippen molar-refractivity contribution in [3.05, 3.63) is 71.9 Å². The molecule has 1 unspecified atom stereocenters. The molecule has 3 heterocycles. The van der Waals surface area contributed by atoms with E-state index in [4.69, 9.17) is 14.5 Å². The summed E-state index contributed by atoms with van der Waals surface area (Å²) in [6, 6.07) is 17.6. The number of aromatic nitrogens is 3. The average molecular weight is 457 g/mol. The first-order chi connectivity index (χ1) is 16.4. The molecule has 0 bridgehead atoms. The predicted molar refractivity (Wildman–Crippen MR) is 131 cm³/mol. The Balaban J connectivity index is 1.49. The van der Waals surface area contributed by atoms with Crippen molar-refractivity contribution in [1.82, 2.24) is 19.7 Å². The van der Waals surface area contributed by atoms with Crippen LogP contribution in [0.25, 0.3) is 22.3 Å². The van der Waals surface area contributed by atoms with Gasteiger partial charge in [0.05, 0.1) is 29.4 Å². The van der Waals surface area contributed by atoms with Crippen molar-refractivity contribution in [1.29, 1.82) is 0 Å². The molecule has 4 aromatic rings. The second kappa shape index (κ2) is 8.82. The molecular formula is C27H28N4O3. The lowest BCUT2D eigenvalue weighted by Gasteiger charge is -2.29. The number of para-hydroxylation sites is 2. The molecule has 5 rings (SSSR count). The Kier molecular flexibility index (Phi) is 5.69. The Morgan fingerprint density at radius 3 is 2.65 bits per heavy atom. The van der Waals surface area contributed by atoms with Gasteiger partial charge in [0.25, 0.3) is 5.91 Å². The Morgan fingerprint density at radius 2 is 1.88 bits per heavy atom. The Morgan fingerprint density at radius 1 is 1.15 bits per heavy atom. The second-order valence-corrected chi connectivity index (χ2v) is 8.97.